The number of benzene rings is 1. The molecule has 0 bridgehead atoms. The largest absolute Gasteiger partial charge is 0.379 e. The van der Waals surface area contributed by atoms with Gasteiger partial charge in [-0.3, -0.25) is 0 Å². The third-order valence-electron chi connectivity index (χ3n) is 3.37. The highest BCUT2D eigenvalue weighted by atomic mass is 16.5. The average molecular weight is 263 g/mol. The van der Waals surface area contributed by atoms with Gasteiger partial charge in [0, 0.05) is 18.3 Å². The minimum Gasteiger partial charge on any atom is -0.379 e. The SMILES string of the molecule is CNC(C)c1ccccc1NC(=O)NC1CCOC1. The van der Waals surface area contributed by atoms with Gasteiger partial charge in [0.15, 0.2) is 0 Å². The van der Waals surface area contributed by atoms with Gasteiger partial charge >= 0.3 is 6.03 Å². The van der Waals surface area contributed by atoms with Crippen molar-refractivity contribution in [1.29, 1.82) is 0 Å². The molecule has 5 nitrogen and oxygen atoms in total. The Morgan fingerprint density at radius 1 is 1.42 bits per heavy atom. The van der Waals surface area contributed by atoms with Crippen molar-refractivity contribution in [1.82, 2.24) is 10.6 Å². The Balaban J connectivity index is 1.99. The van der Waals surface area contributed by atoms with Crippen LogP contribution in [0.5, 0.6) is 0 Å². The molecule has 2 amide bonds. The third kappa shape index (κ3) is 3.68. The molecule has 3 N–H and O–H groups in total. The molecule has 0 spiro atoms. The molecule has 1 aliphatic rings. The van der Waals surface area contributed by atoms with Crippen LogP contribution in [0.2, 0.25) is 0 Å². The Morgan fingerprint density at radius 3 is 2.89 bits per heavy atom. The fraction of sp³-hybridized carbons (Fsp3) is 0.500. The number of nitrogens with one attached hydrogen (secondary N) is 3. The molecule has 19 heavy (non-hydrogen) atoms. The molecule has 5 heteroatoms. The summed E-state index contributed by atoms with van der Waals surface area (Å²) in [6, 6.07) is 7.94. The Hall–Kier alpha value is -1.59. The minimum absolute atomic E-state index is 0.119. The zero-order valence-electron chi connectivity index (χ0n) is 11.4. The highest BCUT2D eigenvalue weighted by Gasteiger charge is 2.18. The Bertz CT molecular complexity index is 430. The van der Waals surface area contributed by atoms with Crippen molar-refractivity contribution in [3.05, 3.63) is 29.8 Å². The summed E-state index contributed by atoms with van der Waals surface area (Å²) in [5.41, 5.74) is 1.91. The molecule has 0 saturated carbocycles. The van der Waals surface area contributed by atoms with Gasteiger partial charge in [0.05, 0.1) is 12.6 Å². The van der Waals surface area contributed by atoms with Crippen LogP contribution in [-0.2, 0) is 4.74 Å². The number of hydrogen-bond donors (Lipinski definition) is 3. The van der Waals surface area contributed by atoms with Crippen molar-refractivity contribution < 1.29 is 9.53 Å². The summed E-state index contributed by atoms with van der Waals surface area (Å²) in [6.45, 7) is 3.38. The molecule has 2 unspecified atom stereocenters. The summed E-state index contributed by atoms with van der Waals surface area (Å²) >= 11 is 0. The van der Waals surface area contributed by atoms with Crippen LogP contribution in [0.25, 0.3) is 0 Å². The maximum Gasteiger partial charge on any atom is 0.319 e. The van der Waals surface area contributed by atoms with Gasteiger partial charge in [-0.2, -0.15) is 0 Å². The van der Waals surface area contributed by atoms with Gasteiger partial charge in [0.25, 0.3) is 0 Å². The van der Waals surface area contributed by atoms with E-state index in [1.165, 1.54) is 0 Å². The maximum atomic E-state index is 11.9. The Kier molecular flexibility index (Phi) is 4.76. The third-order valence-corrected chi connectivity index (χ3v) is 3.37. The molecule has 2 rings (SSSR count). The maximum absolute atomic E-state index is 11.9. The second-order valence-electron chi connectivity index (χ2n) is 4.76. The number of amides is 2. The van der Waals surface area contributed by atoms with Gasteiger partial charge < -0.3 is 20.7 Å². The van der Waals surface area contributed by atoms with Gasteiger partial charge in [0.2, 0.25) is 0 Å². The molecule has 1 aromatic carbocycles. The monoisotopic (exact) mass is 263 g/mol. The first-order valence-corrected chi connectivity index (χ1v) is 6.62. The minimum atomic E-state index is -0.175. The number of carbonyl (C=O) groups is 1. The molecule has 0 aliphatic carbocycles. The molecule has 1 heterocycles. The van der Waals surface area contributed by atoms with Crippen molar-refractivity contribution >= 4 is 11.7 Å². The predicted molar refractivity (Wildman–Crippen MR) is 75.3 cm³/mol. The lowest BCUT2D eigenvalue weighted by molar-refractivity contribution is 0.189. The molecular formula is C14H21N3O2. The molecule has 1 aromatic rings. The van der Waals surface area contributed by atoms with E-state index in [2.05, 4.69) is 22.9 Å². The Morgan fingerprint density at radius 2 is 2.21 bits per heavy atom. The molecule has 0 radical (unpaired) electrons. The molecule has 0 aromatic heterocycles. The van der Waals surface area contributed by atoms with Crippen LogP contribution in [-0.4, -0.2) is 32.3 Å². The zero-order chi connectivity index (χ0) is 13.7. The van der Waals surface area contributed by atoms with E-state index in [9.17, 15) is 4.79 Å². The molecule has 1 saturated heterocycles. The molecule has 104 valence electrons. The van der Waals surface area contributed by atoms with Crippen molar-refractivity contribution in [2.45, 2.75) is 25.4 Å². The second kappa shape index (κ2) is 6.54. The number of rotatable bonds is 4. The van der Waals surface area contributed by atoms with E-state index in [1.807, 2.05) is 31.3 Å². The van der Waals surface area contributed by atoms with Crippen molar-refractivity contribution in [2.75, 3.05) is 25.6 Å². The topological polar surface area (TPSA) is 62.4 Å². The first kappa shape index (κ1) is 13.8. The van der Waals surface area contributed by atoms with Gasteiger partial charge in [-0.05, 0) is 32.0 Å². The van der Waals surface area contributed by atoms with Crippen LogP contribution < -0.4 is 16.0 Å². The average Bonchev–Trinajstić information content (AvgIpc) is 2.91. The second-order valence-corrected chi connectivity index (χ2v) is 4.76. The van der Waals surface area contributed by atoms with Crippen LogP contribution in [0, 0.1) is 0 Å². The number of carbonyl (C=O) groups excluding carboxylic acids is 1. The van der Waals surface area contributed by atoms with Crippen molar-refractivity contribution in [2.24, 2.45) is 0 Å². The van der Waals surface area contributed by atoms with E-state index >= 15 is 0 Å². The van der Waals surface area contributed by atoms with E-state index in [0.29, 0.717) is 6.61 Å². The summed E-state index contributed by atoms with van der Waals surface area (Å²) in [7, 11) is 1.90. The lowest BCUT2D eigenvalue weighted by atomic mass is 10.1. The van der Waals surface area contributed by atoms with Crippen LogP contribution in [0.15, 0.2) is 24.3 Å². The van der Waals surface area contributed by atoms with Gasteiger partial charge in [0.1, 0.15) is 0 Å². The fourth-order valence-corrected chi connectivity index (χ4v) is 2.14. The summed E-state index contributed by atoms with van der Waals surface area (Å²) in [4.78, 5) is 11.9. The number of anilines is 1. The number of urea groups is 1. The predicted octanol–water partition coefficient (Wildman–Crippen LogP) is 1.88. The van der Waals surface area contributed by atoms with E-state index in [0.717, 1.165) is 24.3 Å². The zero-order valence-corrected chi connectivity index (χ0v) is 11.4. The summed E-state index contributed by atoms with van der Waals surface area (Å²) < 4.78 is 5.24. The van der Waals surface area contributed by atoms with E-state index in [4.69, 9.17) is 4.74 Å². The lowest BCUT2D eigenvalue weighted by Gasteiger charge is -2.17. The molecule has 1 aliphatic heterocycles. The first-order valence-electron chi connectivity index (χ1n) is 6.62. The van der Waals surface area contributed by atoms with Crippen LogP contribution in [0.1, 0.15) is 24.9 Å². The molecular weight excluding hydrogens is 242 g/mol. The van der Waals surface area contributed by atoms with E-state index in [-0.39, 0.29) is 18.1 Å². The van der Waals surface area contributed by atoms with Crippen LogP contribution >= 0.6 is 0 Å². The number of hydrogen-bond acceptors (Lipinski definition) is 3. The van der Waals surface area contributed by atoms with Crippen LogP contribution in [0.4, 0.5) is 10.5 Å². The van der Waals surface area contributed by atoms with Gasteiger partial charge in [-0.25, -0.2) is 4.79 Å². The van der Waals surface area contributed by atoms with Gasteiger partial charge in [-0.1, -0.05) is 18.2 Å². The Labute approximate surface area is 113 Å². The molecule has 2 atom stereocenters. The fourth-order valence-electron chi connectivity index (χ4n) is 2.14. The summed E-state index contributed by atoms with van der Waals surface area (Å²) in [6.07, 6.45) is 0.877. The summed E-state index contributed by atoms with van der Waals surface area (Å²) in [5.74, 6) is 0. The van der Waals surface area contributed by atoms with Crippen molar-refractivity contribution in [3.63, 3.8) is 0 Å². The van der Waals surface area contributed by atoms with E-state index < -0.39 is 0 Å². The first-order chi connectivity index (χ1) is 9.20. The number of ether oxygens (including phenoxy) is 1. The van der Waals surface area contributed by atoms with Gasteiger partial charge in [-0.15, -0.1) is 0 Å². The normalized spacial score (nSPS) is 20.0. The van der Waals surface area contributed by atoms with Crippen molar-refractivity contribution in [3.8, 4) is 0 Å². The molecule has 1 fully saturated rings. The van der Waals surface area contributed by atoms with Crippen LogP contribution in [0.3, 0.4) is 0 Å². The summed E-state index contributed by atoms with van der Waals surface area (Å²) in [5, 5.41) is 9.00. The standard InChI is InChI=1S/C14H21N3O2/c1-10(15-2)12-5-3-4-6-13(12)17-14(18)16-11-7-8-19-9-11/h3-6,10-11,15H,7-9H2,1-2H3,(H2,16,17,18). The highest BCUT2D eigenvalue weighted by molar-refractivity contribution is 5.90. The number of para-hydroxylation sites is 1. The van der Waals surface area contributed by atoms with E-state index in [1.54, 1.807) is 0 Å². The smallest absolute Gasteiger partial charge is 0.319 e. The lowest BCUT2D eigenvalue weighted by Crippen LogP contribution is -2.38. The highest BCUT2D eigenvalue weighted by Crippen LogP contribution is 2.22. The quantitative estimate of drug-likeness (QED) is 0.777.